The van der Waals surface area contributed by atoms with Crippen molar-refractivity contribution in [1.29, 1.82) is 0 Å². The summed E-state index contributed by atoms with van der Waals surface area (Å²) < 4.78 is 18.8. The van der Waals surface area contributed by atoms with Crippen LogP contribution in [0.25, 0.3) is 0 Å². The van der Waals surface area contributed by atoms with Gasteiger partial charge in [-0.2, -0.15) is 0 Å². The van der Waals surface area contributed by atoms with Crippen molar-refractivity contribution in [2.45, 2.75) is 160 Å². The maximum absolute atomic E-state index is 11.9. The number of aliphatic hydroxyl groups excluding tert-OH is 5. The van der Waals surface area contributed by atoms with Crippen LogP contribution in [0.3, 0.4) is 0 Å². The van der Waals surface area contributed by atoms with Gasteiger partial charge < -0.3 is 44.8 Å². The lowest BCUT2D eigenvalue weighted by Gasteiger charge is -2.64. The average molecular weight is 623 g/mol. The zero-order valence-corrected chi connectivity index (χ0v) is 27.7. The largest absolute Gasteiger partial charge is 0.396 e. The fourth-order valence-corrected chi connectivity index (χ4v) is 13.5. The Morgan fingerprint density at radius 3 is 2.16 bits per heavy atom. The molecule has 9 nitrogen and oxygen atoms in total. The highest BCUT2D eigenvalue weighted by Gasteiger charge is 2.84. The molecule has 6 N–H and O–H groups in total. The molecule has 5 saturated carbocycles. The summed E-state index contributed by atoms with van der Waals surface area (Å²) in [6.07, 6.45) is 3.69. The van der Waals surface area contributed by atoms with Crippen LogP contribution in [0.5, 0.6) is 0 Å². The third kappa shape index (κ3) is 3.97. The van der Waals surface area contributed by atoms with E-state index >= 15 is 0 Å². The quantitative estimate of drug-likeness (QED) is 0.255. The molecule has 0 aromatic carbocycles. The molecule has 0 amide bonds. The van der Waals surface area contributed by atoms with Gasteiger partial charge in [0.25, 0.3) is 0 Å². The van der Waals surface area contributed by atoms with E-state index in [4.69, 9.17) is 14.2 Å². The number of hydrogen-bond donors (Lipinski definition) is 6. The summed E-state index contributed by atoms with van der Waals surface area (Å²) in [4.78, 5) is 0. The highest BCUT2D eigenvalue weighted by Crippen LogP contribution is 2.89. The predicted molar refractivity (Wildman–Crippen MR) is 161 cm³/mol. The molecule has 7 aliphatic rings. The molecule has 0 bridgehead atoms. The standard InChI is InChI=1S/C35H58O9/c1-29(2)21-7-8-22-31(5)15-19(37)27(32(6)11-9-24(44-32)30(3,4)41)35(31,18-36)14-13-34(22)17-33(21,34)12-10-23(29)43-28-26(40)25(39)20(38)16-42-28/h19-28,36-41H,7-18H2,1-6H3/t19-,20+,21-,22+,23-,24-,25+,26-,27+,28+,31-,32-,33-,34+,35+/m1/s1. The van der Waals surface area contributed by atoms with Crippen LogP contribution in [0.1, 0.15) is 106 Å². The molecule has 2 aliphatic heterocycles. The summed E-state index contributed by atoms with van der Waals surface area (Å²) in [6, 6.07) is 0. The van der Waals surface area contributed by atoms with Crippen LogP contribution in [-0.4, -0.2) is 98.0 Å². The van der Waals surface area contributed by atoms with E-state index in [9.17, 15) is 30.6 Å². The van der Waals surface area contributed by atoms with Crippen LogP contribution in [0, 0.1) is 44.8 Å². The minimum Gasteiger partial charge on any atom is -0.396 e. The number of ether oxygens (including phenoxy) is 3. The first kappa shape index (κ1) is 32.2. The van der Waals surface area contributed by atoms with Crippen molar-refractivity contribution in [1.82, 2.24) is 0 Å². The van der Waals surface area contributed by atoms with Gasteiger partial charge in [0, 0.05) is 17.9 Å². The number of aliphatic hydroxyl groups is 6. The van der Waals surface area contributed by atoms with E-state index in [-0.39, 0.29) is 53.0 Å². The van der Waals surface area contributed by atoms with Crippen molar-refractivity contribution in [3.8, 4) is 0 Å². The van der Waals surface area contributed by atoms with Gasteiger partial charge in [0.05, 0.1) is 36.1 Å². The lowest BCUT2D eigenvalue weighted by molar-refractivity contribution is -0.303. The van der Waals surface area contributed by atoms with Gasteiger partial charge >= 0.3 is 0 Å². The van der Waals surface area contributed by atoms with Crippen LogP contribution in [0.4, 0.5) is 0 Å². The summed E-state index contributed by atoms with van der Waals surface area (Å²) in [5.41, 5.74) is -1.98. The van der Waals surface area contributed by atoms with E-state index < -0.39 is 47.3 Å². The van der Waals surface area contributed by atoms with Crippen LogP contribution >= 0.6 is 0 Å². The molecule has 2 saturated heterocycles. The Labute approximate surface area is 262 Å². The van der Waals surface area contributed by atoms with Gasteiger partial charge in [0.1, 0.15) is 18.3 Å². The van der Waals surface area contributed by atoms with Crippen molar-refractivity contribution >= 4 is 0 Å². The topological polar surface area (TPSA) is 149 Å². The van der Waals surface area contributed by atoms with E-state index in [2.05, 4.69) is 27.7 Å². The number of rotatable bonds is 5. The molecule has 0 unspecified atom stereocenters. The Bertz CT molecular complexity index is 1140. The normalized spacial score (nSPS) is 58.1. The molecule has 7 rings (SSSR count). The molecule has 44 heavy (non-hydrogen) atoms. The van der Waals surface area contributed by atoms with Crippen molar-refractivity contribution in [3.63, 3.8) is 0 Å². The highest BCUT2D eigenvalue weighted by molar-refractivity contribution is 5.32. The molecule has 15 atom stereocenters. The Morgan fingerprint density at radius 2 is 1.50 bits per heavy atom. The molecule has 5 aliphatic carbocycles. The smallest absolute Gasteiger partial charge is 0.186 e. The van der Waals surface area contributed by atoms with Crippen molar-refractivity contribution in [3.05, 3.63) is 0 Å². The Morgan fingerprint density at radius 1 is 0.818 bits per heavy atom. The van der Waals surface area contributed by atoms with E-state index in [1.165, 1.54) is 6.42 Å². The first-order valence-corrected chi connectivity index (χ1v) is 17.4. The zero-order chi connectivity index (χ0) is 31.9. The van der Waals surface area contributed by atoms with Crippen LogP contribution in [0.2, 0.25) is 0 Å². The third-order valence-corrected chi connectivity index (χ3v) is 15.5. The second kappa shape index (κ2) is 9.85. The van der Waals surface area contributed by atoms with Crippen molar-refractivity contribution < 1.29 is 44.8 Å². The summed E-state index contributed by atoms with van der Waals surface area (Å²) in [5.74, 6) is 0.672. The average Bonchev–Trinajstić information content (AvgIpc) is 3.30. The van der Waals surface area contributed by atoms with E-state index in [0.29, 0.717) is 18.3 Å². The van der Waals surface area contributed by atoms with Crippen molar-refractivity contribution in [2.75, 3.05) is 13.2 Å². The lowest BCUT2D eigenvalue weighted by Crippen LogP contribution is -2.62. The monoisotopic (exact) mass is 622 g/mol. The molecule has 252 valence electrons. The number of hydrogen-bond acceptors (Lipinski definition) is 9. The third-order valence-electron chi connectivity index (χ3n) is 15.5. The Kier molecular flexibility index (Phi) is 7.21. The molecule has 0 aromatic rings. The van der Waals surface area contributed by atoms with Crippen LogP contribution < -0.4 is 0 Å². The summed E-state index contributed by atoms with van der Waals surface area (Å²) in [5, 5.41) is 64.8. The van der Waals surface area contributed by atoms with E-state index in [1.807, 2.05) is 0 Å². The zero-order valence-electron chi connectivity index (χ0n) is 27.7. The maximum atomic E-state index is 11.9. The SMILES string of the molecule is CC(C)(O)[C@H]1CC[C@](C)([C@@H]2[C@H](O)C[C@]3(C)[C@@H]4CC[C@@H]5C(C)(C)[C@H](O[C@@H]6OC[C@H](O)[C@H](O)[C@H]6O)CC[C@@]56C[C@@]46CC[C@]23CO)O1. The minimum absolute atomic E-state index is 0.0477. The maximum Gasteiger partial charge on any atom is 0.186 e. The summed E-state index contributed by atoms with van der Waals surface area (Å²) in [7, 11) is 0. The molecule has 9 heteroatoms. The summed E-state index contributed by atoms with van der Waals surface area (Å²) in [6.45, 7) is 12.7. The first-order valence-electron chi connectivity index (χ1n) is 17.4. The van der Waals surface area contributed by atoms with Gasteiger partial charge in [0.2, 0.25) is 0 Å². The van der Waals surface area contributed by atoms with E-state index in [0.717, 1.165) is 51.4 Å². The minimum atomic E-state index is -1.29. The van der Waals surface area contributed by atoms with Gasteiger partial charge in [0.15, 0.2) is 6.29 Å². The molecular formula is C35H58O9. The second-order valence-corrected chi connectivity index (χ2v) is 18.0. The molecule has 2 spiro atoms. The fourth-order valence-electron chi connectivity index (χ4n) is 13.5. The van der Waals surface area contributed by atoms with Gasteiger partial charge in [-0.05, 0) is 118 Å². The molecule has 0 aromatic heterocycles. The highest BCUT2D eigenvalue weighted by atomic mass is 16.7. The van der Waals surface area contributed by atoms with Gasteiger partial charge in [-0.15, -0.1) is 0 Å². The lowest BCUT2D eigenvalue weighted by atomic mass is 9.41. The van der Waals surface area contributed by atoms with E-state index in [1.54, 1.807) is 13.8 Å². The van der Waals surface area contributed by atoms with Crippen LogP contribution in [0.15, 0.2) is 0 Å². The van der Waals surface area contributed by atoms with Crippen molar-refractivity contribution in [2.24, 2.45) is 44.8 Å². The van der Waals surface area contributed by atoms with Crippen LogP contribution in [-0.2, 0) is 14.2 Å². The van der Waals surface area contributed by atoms with Gasteiger partial charge in [-0.1, -0.05) is 20.8 Å². The summed E-state index contributed by atoms with van der Waals surface area (Å²) >= 11 is 0. The molecular weight excluding hydrogens is 564 g/mol. The van der Waals surface area contributed by atoms with Gasteiger partial charge in [-0.25, -0.2) is 0 Å². The fraction of sp³-hybridized carbons (Fsp3) is 1.00. The predicted octanol–water partition coefficient (Wildman–Crippen LogP) is 2.90. The molecule has 2 heterocycles. The first-order chi connectivity index (χ1) is 20.4. The second-order valence-electron chi connectivity index (χ2n) is 18.0. The molecule has 7 fully saturated rings. The number of fused-ring (bicyclic) bond motifs is 2. The Hall–Kier alpha value is -0.360. The Balaban J connectivity index is 1.15. The molecule has 0 radical (unpaired) electrons. The van der Waals surface area contributed by atoms with Gasteiger partial charge in [-0.3, -0.25) is 0 Å².